The summed E-state index contributed by atoms with van der Waals surface area (Å²) in [4.78, 5) is 59.9. The van der Waals surface area contributed by atoms with E-state index in [0.29, 0.717) is 33.9 Å². The van der Waals surface area contributed by atoms with Crippen LogP contribution in [0.15, 0.2) is 85.2 Å². The summed E-state index contributed by atoms with van der Waals surface area (Å²) in [5.41, 5.74) is 3.22. The largest absolute Gasteiger partial charge is 0.268 e. The van der Waals surface area contributed by atoms with Crippen molar-refractivity contribution in [3.63, 3.8) is 0 Å². The predicted molar refractivity (Wildman–Crippen MR) is 149 cm³/mol. The number of alkyl halides is 2. The molecule has 0 bridgehead atoms. The summed E-state index contributed by atoms with van der Waals surface area (Å²) in [7, 11) is 0. The minimum Gasteiger partial charge on any atom is -0.268 e. The van der Waals surface area contributed by atoms with Gasteiger partial charge >= 0.3 is 0 Å². The fraction of sp³-hybridized carbons (Fsp3) is 0.0714. The van der Waals surface area contributed by atoms with Crippen LogP contribution in [-0.2, 0) is 0 Å². The first-order valence-corrected chi connectivity index (χ1v) is 13.2. The standard InChI is InChI=1S/C14H8Br2N2O2.C14H10N2O2/c15-11(16)10-6-3-7-17-12(10)18-13(19)8-4-1-2-5-9(8)14(18)20;1-9-5-4-8-15-12(9)16-13(17)10-6-2-3-7-11(10)14(16)18/h1-7,11H;2-8H,1H3. The van der Waals surface area contributed by atoms with Crippen LogP contribution in [0.2, 0.25) is 0 Å². The zero-order valence-corrected chi connectivity index (χ0v) is 23.0. The number of benzene rings is 2. The summed E-state index contributed by atoms with van der Waals surface area (Å²) in [6, 6.07) is 20.8. The summed E-state index contributed by atoms with van der Waals surface area (Å²) in [6.45, 7) is 1.83. The van der Waals surface area contributed by atoms with Gasteiger partial charge in [-0.15, -0.1) is 0 Å². The Labute approximate surface area is 234 Å². The highest BCUT2D eigenvalue weighted by Crippen LogP contribution is 2.37. The number of halogens is 2. The lowest BCUT2D eigenvalue weighted by Crippen LogP contribution is -2.31. The molecule has 0 spiro atoms. The molecule has 38 heavy (non-hydrogen) atoms. The van der Waals surface area contributed by atoms with Crippen LogP contribution in [0.4, 0.5) is 11.6 Å². The quantitative estimate of drug-likeness (QED) is 0.207. The molecule has 0 saturated heterocycles. The van der Waals surface area contributed by atoms with E-state index in [1.807, 2.05) is 13.0 Å². The van der Waals surface area contributed by atoms with Crippen molar-refractivity contribution in [1.29, 1.82) is 0 Å². The van der Waals surface area contributed by atoms with Crippen molar-refractivity contribution < 1.29 is 19.2 Å². The zero-order valence-electron chi connectivity index (χ0n) is 19.8. The average Bonchev–Trinajstić information content (AvgIpc) is 3.34. The number of hydrogen-bond donors (Lipinski definition) is 0. The number of hydrogen-bond acceptors (Lipinski definition) is 6. The molecule has 0 saturated carbocycles. The van der Waals surface area contributed by atoms with Gasteiger partial charge in [-0.2, -0.15) is 0 Å². The van der Waals surface area contributed by atoms with E-state index in [4.69, 9.17) is 0 Å². The summed E-state index contributed by atoms with van der Waals surface area (Å²) < 4.78 is -0.192. The van der Waals surface area contributed by atoms with Gasteiger partial charge in [-0.1, -0.05) is 68.3 Å². The average molecular weight is 634 g/mol. The summed E-state index contributed by atoms with van der Waals surface area (Å²) in [5.74, 6) is -0.548. The molecule has 4 aromatic rings. The fourth-order valence-corrected chi connectivity index (χ4v) is 4.96. The number of anilines is 2. The van der Waals surface area contributed by atoms with Gasteiger partial charge in [0.25, 0.3) is 23.6 Å². The van der Waals surface area contributed by atoms with E-state index in [0.717, 1.165) is 20.9 Å². The molecule has 188 valence electrons. The molecule has 2 aliphatic heterocycles. The summed E-state index contributed by atoms with van der Waals surface area (Å²) in [6.07, 6.45) is 3.14. The third-order valence-electron chi connectivity index (χ3n) is 6.05. The lowest BCUT2D eigenvalue weighted by molar-refractivity contribution is 0.0909. The number of pyridine rings is 2. The van der Waals surface area contributed by atoms with Crippen LogP contribution in [-0.4, -0.2) is 33.6 Å². The maximum Gasteiger partial charge on any atom is 0.267 e. The number of fused-ring (bicyclic) bond motifs is 2. The number of amides is 4. The van der Waals surface area contributed by atoms with E-state index in [1.165, 1.54) is 0 Å². The molecule has 8 nitrogen and oxygen atoms in total. The van der Waals surface area contributed by atoms with Crippen LogP contribution in [0.1, 0.15) is 56.3 Å². The van der Waals surface area contributed by atoms with Crippen molar-refractivity contribution in [1.82, 2.24) is 9.97 Å². The molecule has 2 aromatic carbocycles. The molecular formula is C28H18Br2N4O4. The molecule has 2 aromatic heterocycles. The van der Waals surface area contributed by atoms with E-state index in [-0.39, 0.29) is 27.4 Å². The number of carbonyl (C=O) groups is 4. The second-order valence-corrected chi connectivity index (χ2v) is 11.4. The van der Waals surface area contributed by atoms with Crippen LogP contribution in [0, 0.1) is 6.92 Å². The van der Waals surface area contributed by atoms with Gasteiger partial charge in [0.2, 0.25) is 0 Å². The molecule has 6 rings (SSSR count). The number of rotatable bonds is 3. The first-order valence-electron chi connectivity index (χ1n) is 11.4. The third-order valence-corrected chi connectivity index (χ3v) is 7.03. The second kappa shape index (κ2) is 10.4. The molecule has 10 heteroatoms. The first-order chi connectivity index (χ1) is 18.3. The first kappa shape index (κ1) is 25.6. The van der Waals surface area contributed by atoms with E-state index in [1.54, 1.807) is 79.1 Å². The number of nitrogens with zero attached hydrogens (tertiary/aromatic N) is 4. The third kappa shape index (κ3) is 4.35. The lowest BCUT2D eigenvalue weighted by atomic mass is 10.1. The Kier molecular flexibility index (Phi) is 7.00. The molecule has 4 amide bonds. The van der Waals surface area contributed by atoms with Crippen LogP contribution in [0.5, 0.6) is 0 Å². The molecule has 0 aliphatic carbocycles. The lowest BCUT2D eigenvalue weighted by Gasteiger charge is -2.17. The van der Waals surface area contributed by atoms with E-state index in [9.17, 15) is 19.2 Å². The Morgan fingerprint density at radius 1 is 0.579 bits per heavy atom. The molecule has 2 aliphatic rings. The van der Waals surface area contributed by atoms with Crippen LogP contribution in [0.3, 0.4) is 0 Å². The van der Waals surface area contributed by atoms with Crippen LogP contribution < -0.4 is 9.80 Å². The van der Waals surface area contributed by atoms with E-state index in [2.05, 4.69) is 41.8 Å². The minimum atomic E-state index is -0.341. The Bertz CT molecular complexity index is 1550. The maximum absolute atomic E-state index is 12.4. The second-order valence-electron chi connectivity index (χ2n) is 8.34. The molecule has 0 unspecified atom stereocenters. The van der Waals surface area contributed by atoms with Crippen molar-refractivity contribution in [3.8, 4) is 0 Å². The fourth-order valence-electron chi connectivity index (χ4n) is 4.24. The normalized spacial score (nSPS) is 14.0. The number of carbonyl (C=O) groups excluding carboxylic acids is 4. The van der Waals surface area contributed by atoms with Crippen LogP contribution in [0.25, 0.3) is 0 Å². The number of aromatic nitrogens is 2. The van der Waals surface area contributed by atoms with E-state index >= 15 is 0 Å². The summed E-state index contributed by atoms with van der Waals surface area (Å²) in [5, 5.41) is 0. The number of aryl methyl sites for hydroxylation is 1. The molecule has 0 atom stereocenters. The van der Waals surface area contributed by atoms with Gasteiger partial charge < -0.3 is 0 Å². The minimum absolute atomic E-state index is 0.192. The SMILES string of the molecule is Cc1cccnc1N1C(=O)c2ccccc2C1=O.O=C1c2ccccc2C(=O)N1c1ncccc1C(Br)Br. The Morgan fingerprint density at radius 3 is 1.39 bits per heavy atom. The smallest absolute Gasteiger partial charge is 0.267 e. The predicted octanol–water partition coefficient (Wildman–Crippen LogP) is 5.86. The monoisotopic (exact) mass is 632 g/mol. The Morgan fingerprint density at radius 2 is 0.974 bits per heavy atom. The van der Waals surface area contributed by atoms with Gasteiger partial charge in [0, 0.05) is 18.0 Å². The molecule has 4 heterocycles. The van der Waals surface area contributed by atoms with Crippen LogP contribution >= 0.6 is 31.9 Å². The summed E-state index contributed by atoms with van der Waals surface area (Å²) >= 11 is 6.77. The van der Waals surface area contributed by atoms with Crippen molar-refractivity contribution in [3.05, 3.63) is 119 Å². The molecule has 0 N–H and O–H groups in total. The topological polar surface area (TPSA) is 101 Å². The molecule has 0 radical (unpaired) electrons. The van der Waals surface area contributed by atoms with E-state index < -0.39 is 0 Å². The highest BCUT2D eigenvalue weighted by molar-refractivity contribution is 9.24. The van der Waals surface area contributed by atoms with Crippen molar-refractivity contribution >= 4 is 67.1 Å². The van der Waals surface area contributed by atoms with Gasteiger partial charge in [-0.05, 0) is 48.9 Å². The van der Waals surface area contributed by atoms with Gasteiger partial charge in [0.1, 0.15) is 11.6 Å². The van der Waals surface area contributed by atoms with Gasteiger partial charge in [0.15, 0.2) is 0 Å². The maximum atomic E-state index is 12.4. The van der Waals surface area contributed by atoms with Gasteiger partial charge in [-0.25, -0.2) is 19.8 Å². The zero-order chi connectivity index (χ0) is 27.0. The Balaban J connectivity index is 0.000000156. The van der Waals surface area contributed by atoms with Crippen molar-refractivity contribution in [2.24, 2.45) is 0 Å². The number of imide groups is 2. The van der Waals surface area contributed by atoms with Gasteiger partial charge in [0.05, 0.1) is 26.0 Å². The Hall–Kier alpha value is -4.02. The molecule has 0 fully saturated rings. The van der Waals surface area contributed by atoms with Crippen molar-refractivity contribution in [2.45, 2.75) is 10.7 Å². The van der Waals surface area contributed by atoms with Gasteiger partial charge in [-0.3, -0.25) is 19.2 Å². The van der Waals surface area contributed by atoms with Crippen molar-refractivity contribution in [2.75, 3.05) is 9.80 Å². The molecular weight excluding hydrogens is 616 g/mol. The highest BCUT2D eigenvalue weighted by atomic mass is 79.9. The highest BCUT2D eigenvalue weighted by Gasteiger charge is 2.39.